The number of anilines is 1. The minimum Gasteiger partial charge on any atom is -0.472 e. The molecule has 0 bridgehead atoms. The van der Waals surface area contributed by atoms with E-state index in [2.05, 4.69) is 15.5 Å². The van der Waals surface area contributed by atoms with Crippen molar-refractivity contribution in [2.24, 2.45) is 5.14 Å². The van der Waals surface area contributed by atoms with Gasteiger partial charge in [0.2, 0.25) is 22.0 Å². The average Bonchev–Trinajstić information content (AvgIpc) is 3.00. The molecule has 1 aliphatic heterocycles. The number of aromatic nitrogens is 2. The second kappa shape index (κ2) is 5.25. The van der Waals surface area contributed by atoms with E-state index >= 15 is 0 Å². The Kier molecular flexibility index (Phi) is 3.53. The van der Waals surface area contributed by atoms with Crippen LogP contribution in [0.5, 0.6) is 5.75 Å². The summed E-state index contributed by atoms with van der Waals surface area (Å²) in [6, 6.07) is 4.74. The van der Waals surface area contributed by atoms with E-state index in [1.807, 2.05) is 6.92 Å². The number of benzene rings is 1. The molecular formula is C13H16N4O4S. The maximum Gasteiger partial charge on any atom is 0.261 e. The molecule has 1 aliphatic rings. The molecule has 1 aromatic heterocycles. The molecule has 1 aromatic carbocycles. The van der Waals surface area contributed by atoms with Crippen LogP contribution in [0, 0.1) is 0 Å². The maximum absolute atomic E-state index is 11.8. The summed E-state index contributed by atoms with van der Waals surface area (Å²) < 4.78 is 34.9. The van der Waals surface area contributed by atoms with Gasteiger partial charge in [-0.15, -0.1) is 10.2 Å². The van der Waals surface area contributed by atoms with Crippen molar-refractivity contribution in [2.75, 3.05) is 11.9 Å². The third-order valence-corrected chi connectivity index (χ3v) is 4.49. The number of nitrogens with one attached hydrogen (secondary N) is 1. The van der Waals surface area contributed by atoms with Crippen LogP contribution in [0.4, 0.5) is 5.69 Å². The van der Waals surface area contributed by atoms with Gasteiger partial charge >= 0.3 is 0 Å². The van der Waals surface area contributed by atoms with Crippen LogP contribution in [0.25, 0.3) is 0 Å². The molecule has 0 saturated heterocycles. The van der Waals surface area contributed by atoms with Crippen molar-refractivity contribution in [3.8, 4) is 5.75 Å². The van der Waals surface area contributed by atoms with E-state index in [-0.39, 0.29) is 10.6 Å². The van der Waals surface area contributed by atoms with Crippen LogP contribution in [0.15, 0.2) is 33.9 Å². The van der Waals surface area contributed by atoms with Gasteiger partial charge in [0.05, 0.1) is 12.2 Å². The summed E-state index contributed by atoms with van der Waals surface area (Å²) in [6.07, 6.45) is 2.59. The van der Waals surface area contributed by atoms with Crippen LogP contribution in [0.3, 0.4) is 0 Å². The van der Waals surface area contributed by atoms with E-state index in [0.29, 0.717) is 24.5 Å². The van der Waals surface area contributed by atoms with Gasteiger partial charge in [0.25, 0.3) is 5.89 Å². The Morgan fingerprint density at radius 2 is 2.27 bits per heavy atom. The van der Waals surface area contributed by atoms with Gasteiger partial charge in [-0.25, -0.2) is 13.6 Å². The van der Waals surface area contributed by atoms with E-state index in [1.165, 1.54) is 12.5 Å². The fraction of sp³-hybridized carbons (Fsp3) is 0.385. The number of hydrogen-bond donors (Lipinski definition) is 2. The maximum atomic E-state index is 11.8. The van der Waals surface area contributed by atoms with Gasteiger partial charge in [-0.2, -0.15) is 0 Å². The number of primary sulfonamides is 1. The highest BCUT2D eigenvalue weighted by atomic mass is 32.2. The first kappa shape index (κ1) is 14.8. The number of nitrogens with zero attached hydrogens (tertiary/aromatic N) is 2. The summed E-state index contributed by atoms with van der Waals surface area (Å²) in [6.45, 7) is 2.38. The van der Waals surface area contributed by atoms with Crippen molar-refractivity contribution < 1.29 is 17.6 Å². The lowest BCUT2D eigenvalue weighted by molar-refractivity contribution is 0.0311. The summed E-state index contributed by atoms with van der Waals surface area (Å²) >= 11 is 0. The normalized spacial score (nSPS) is 20.8. The second-order valence-electron chi connectivity index (χ2n) is 5.12. The molecule has 0 saturated carbocycles. The predicted octanol–water partition coefficient (Wildman–Crippen LogP) is 1.22. The molecule has 0 fully saturated rings. The molecule has 9 heteroatoms. The summed E-state index contributed by atoms with van der Waals surface area (Å²) in [7, 11) is -3.91. The van der Waals surface area contributed by atoms with Gasteiger partial charge in [-0.3, -0.25) is 0 Å². The zero-order valence-electron chi connectivity index (χ0n) is 11.9. The van der Waals surface area contributed by atoms with Crippen molar-refractivity contribution in [3.05, 3.63) is 30.5 Å². The molecule has 0 radical (unpaired) electrons. The van der Waals surface area contributed by atoms with Gasteiger partial charge in [0.1, 0.15) is 4.90 Å². The lowest BCUT2D eigenvalue weighted by atomic mass is 9.95. The van der Waals surface area contributed by atoms with Crippen LogP contribution in [0.2, 0.25) is 0 Å². The molecule has 22 heavy (non-hydrogen) atoms. The Morgan fingerprint density at radius 3 is 2.91 bits per heavy atom. The fourth-order valence-electron chi connectivity index (χ4n) is 2.59. The second-order valence-corrected chi connectivity index (χ2v) is 6.65. The Morgan fingerprint density at radius 1 is 1.45 bits per heavy atom. The lowest BCUT2D eigenvalue weighted by Gasteiger charge is -2.37. The summed E-state index contributed by atoms with van der Waals surface area (Å²) in [4.78, 5) is -0.0720. The molecule has 3 rings (SSSR count). The first-order valence-corrected chi connectivity index (χ1v) is 8.36. The minimum atomic E-state index is -3.91. The highest BCUT2D eigenvalue weighted by Gasteiger charge is 2.43. The number of rotatable bonds is 4. The van der Waals surface area contributed by atoms with Crippen molar-refractivity contribution in [2.45, 2.75) is 30.3 Å². The highest BCUT2D eigenvalue weighted by molar-refractivity contribution is 7.89. The molecule has 3 N–H and O–H groups in total. The van der Waals surface area contributed by atoms with Crippen molar-refractivity contribution in [1.29, 1.82) is 0 Å². The van der Waals surface area contributed by atoms with Gasteiger partial charge in [-0.1, -0.05) is 19.4 Å². The highest BCUT2D eigenvalue weighted by Crippen LogP contribution is 2.43. The number of fused-ring (bicyclic) bond motifs is 1. The van der Waals surface area contributed by atoms with Gasteiger partial charge in [0.15, 0.2) is 5.75 Å². The molecule has 118 valence electrons. The molecule has 1 unspecified atom stereocenters. The molecule has 8 nitrogen and oxygen atoms in total. The Bertz CT molecular complexity index is 775. The van der Waals surface area contributed by atoms with Crippen LogP contribution >= 0.6 is 0 Å². The lowest BCUT2D eigenvalue weighted by Crippen LogP contribution is -2.44. The monoisotopic (exact) mass is 324 g/mol. The van der Waals surface area contributed by atoms with E-state index in [9.17, 15) is 8.42 Å². The molecule has 2 heterocycles. The van der Waals surface area contributed by atoms with Crippen LogP contribution in [-0.2, 0) is 15.6 Å². The van der Waals surface area contributed by atoms with Gasteiger partial charge in [-0.05, 0) is 18.6 Å². The molecular weight excluding hydrogens is 308 g/mol. The molecule has 2 aromatic rings. The number of sulfonamides is 1. The third kappa shape index (κ3) is 2.42. The molecule has 0 aliphatic carbocycles. The fourth-order valence-corrected chi connectivity index (χ4v) is 3.27. The Labute approximate surface area is 127 Å². The van der Waals surface area contributed by atoms with Crippen molar-refractivity contribution in [3.63, 3.8) is 0 Å². The SMILES string of the molecule is CCCC1(c2nnco2)CNc2cccc(S(N)(=O)=O)c2O1. The standard InChI is InChI=1S/C13H16N4O4S/c1-2-6-13(12-17-16-8-20-12)7-15-9-4-3-5-10(11(9)21-13)22(14,18)19/h3-5,8,15H,2,6-7H2,1H3,(H2,14,18,19). The number of nitrogens with two attached hydrogens (primary N) is 1. The zero-order chi connectivity index (χ0) is 15.8. The molecule has 1 atom stereocenters. The topological polar surface area (TPSA) is 120 Å². The van der Waals surface area contributed by atoms with E-state index in [0.717, 1.165) is 6.42 Å². The summed E-state index contributed by atoms with van der Waals surface area (Å²) in [5.41, 5.74) is -0.350. The quantitative estimate of drug-likeness (QED) is 0.867. The predicted molar refractivity (Wildman–Crippen MR) is 77.8 cm³/mol. The zero-order valence-corrected chi connectivity index (χ0v) is 12.8. The van der Waals surface area contributed by atoms with E-state index < -0.39 is 15.6 Å². The average molecular weight is 324 g/mol. The number of hydrogen-bond acceptors (Lipinski definition) is 7. The first-order valence-electron chi connectivity index (χ1n) is 6.81. The Hall–Kier alpha value is -2.13. The van der Waals surface area contributed by atoms with E-state index in [1.54, 1.807) is 12.1 Å². The summed E-state index contributed by atoms with van der Waals surface area (Å²) in [5.74, 6) is 0.486. The third-order valence-electron chi connectivity index (χ3n) is 3.55. The van der Waals surface area contributed by atoms with Crippen LogP contribution < -0.4 is 15.2 Å². The smallest absolute Gasteiger partial charge is 0.261 e. The number of ether oxygens (including phenoxy) is 1. The van der Waals surface area contributed by atoms with Crippen molar-refractivity contribution in [1.82, 2.24) is 10.2 Å². The van der Waals surface area contributed by atoms with Gasteiger partial charge in [0, 0.05) is 0 Å². The molecule has 0 amide bonds. The minimum absolute atomic E-state index is 0.0720. The first-order chi connectivity index (χ1) is 10.5. The Balaban J connectivity index is 2.12. The van der Waals surface area contributed by atoms with Crippen LogP contribution in [-0.4, -0.2) is 25.2 Å². The van der Waals surface area contributed by atoms with Crippen LogP contribution in [0.1, 0.15) is 25.7 Å². The number of para-hydroxylation sites is 1. The molecule has 0 spiro atoms. The largest absolute Gasteiger partial charge is 0.472 e. The van der Waals surface area contributed by atoms with Crippen molar-refractivity contribution >= 4 is 15.7 Å². The van der Waals surface area contributed by atoms with Gasteiger partial charge < -0.3 is 14.5 Å². The van der Waals surface area contributed by atoms with E-state index in [4.69, 9.17) is 14.3 Å². The summed E-state index contributed by atoms with van der Waals surface area (Å²) in [5, 5.41) is 16.1.